The average molecular weight is 244 g/mol. The summed E-state index contributed by atoms with van der Waals surface area (Å²) in [6.45, 7) is 3.97. The maximum Gasteiger partial charge on any atom is 0.146 e. The molecule has 1 N–H and O–H groups in total. The highest BCUT2D eigenvalue weighted by molar-refractivity contribution is 5.53. The Morgan fingerprint density at radius 1 is 1.50 bits per heavy atom. The van der Waals surface area contributed by atoms with Crippen molar-refractivity contribution in [2.24, 2.45) is 0 Å². The molecule has 0 aliphatic carbocycles. The smallest absolute Gasteiger partial charge is 0.146 e. The molecule has 0 saturated carbocycles. The minimum atomic E-state index is 0.512. The van der Waals surface area contributed by atoms with Crippen LogP contribution >= 0.6 is 0 Å². The van der Waals surface area contributed by atoms with Gasteiger partial charge in [0.2, 0.25) is 0 Å². The van der Waals surface area contributed by atoms with Gasteiger partial charge in [0.25, 0.3) is 0 Å². The minimum absolute atomic E-state index is 0.512. The zero-order valence-corrected chi connectivity index (χ0v) is 11.1. The van der Waals surface area contributed by atoms with Crippen LogP contribution in [0.4, 0.5) is 5.82 Å². The first-order chi connectivity index (χ1) is 8.70. The molecule has 96 valence electrons. The molecule has 18 heavy (non-hydrogen) atoms. The average Bonchev–Trinajstić information content (AvgIpc) is 2.40. The van der Waals surface area contributed by atoms with E-state index in [1.807, 2.05) is 26.1 Å². The predicted octanol–water partition coefficient (Wildman–Crippen LogP) is 1.84. The maximum atomic E-state index is 9.13. The molecule has 4 nitrogen and oxygen atoms in total. The molecule has 0 radical (unpaired) electrons. The van der Waals surface area contributed by atoms with Crippen LogP contribution in [0.2, 0.25) is 0 Å². The molecule has 1 aliphatic heterocycles. The third-order valence-corrected chi connectivity index (χ3v) is 3.40. The number of anilines is 1. The fourth-order valence-electron chi connectivity index (χ4n) is 2.42. The normalized spacial score (nSPS) is 19.3. The lowest BCUT2D eigenvalue weighted by molar-refractivity contribution is 0.403. The van der Waals surface area contributed by atoms with Gasteiger partial charge in [-0.1, -0.05) is 6.42 Å². The number of hydrogen-bond donors (Lipinski definition) is 1. The van der Waals surface area contributed by atoms with Gasteiger partial charge in [-0.2, -0.15) is 5.26 Å². The van der Waals surface area contributed by atoms with Gasteiger partial charge in [0, 0.05) is 25.3 Å². The molecule has 1 unspecified atom stereocenters. The van der Waals surface area contributed by atoms with Crippen LogP contribution in [0.5, 0.6) is 0 Å². The Bertz CT molecular complexity index is 444. The lowest BCUT2D eigenvalue weighted by Crippen LogP contribution is -2.42. The van der Waals surface area contributed by atoms with Crippen LogP contribution in [-0.4, -0.2) is 31.2 Å². The first-order valence-electron chi connectivity index (χ1n) is 6.53. The second-order valence-corrected chi connectivity index (χ2v) is 4.96. The first kappa shape index (κ1) is 12.8. The number of hydrogen-bond acceptors (Lipinski definition) is 4. The van der Waals surface area contributed by atoms with Gasteiger partial charge >= 0.3 is 0 Å². The molecule has 1 aromatic heterocycles. The molecule has 1 aromatic rings. The molecule has 0 amide bonds. The van der Waals surface area contributed by atoms with Gasteiger partial charge in [-0.3, -0.25) is 0 Å². The second kappa shape index (κ2) is 5.83. The Morgan fingerprint density at radius 2 is 2.33 bits per heavy atom. The summed E-state index contributed by atoms with van der Waals surface area (Å²) in [6, 6.07) is 6.46. The summed E-state index contributed by atoms with van der Waals surface area (Å²) in [5.74, 6) is 0.796. The van der Waals surface area contributed by atoms with E-state index in [2.05, 4.69) is 21.3 Å². The highest BCUT2D eigenvalue weighted by Crippen LogP contribution is 2.18. The van der Waals surface area contributed by atoms with Crippen molar-refractivity contribution in [1.29, 1.82) is 5.26 Å². The fraction of sp³-hybridized carbons (Fsp3) is 0.571. The molecule has 0 spiro atoms. The first-order valence-corrected chi connectivity index (χ1v) is 6.53. The van der Waals surface area contributed by atoms with Gasteiger partial charge < -0.3 is 10.2 Å². The number of aryl methyl sites for hydroxylation is 1. The quantitative estimate of drug-likeness (QED) is 0.881. The van der Waals surface area contributed by atoms with Crippen LogP contribution in [0.1, 0.15) is 30.5 Å². The Morgan fingerprint density at radius 3 is 3.00 bits per heavy atom. The summed E-state index contributed by atoms with van der Waals surface area (Å²) in [7, 11) is 2.01. The number of likely N-dealkylation sites (N-methyl/N-ethyl adjacent to an activating group) is 1. The van der Waals surface area contributed by atoms with Crippen molar-refractivity contribution in [3.63, 3.8) is 0 Å². The fourth-order valence-corrected chi connectivity index (χ4v) is 2.42. The molecule has 2 heterocycles. The van der Waals surface area contributed by atoms with Crippen LogP contribution in [0, 0.1) is 18.3 Å². The Balaban J connectivity index is 2.10. The number of nitrogens with one attached hydrogen (secondary N) is 1. The van der Waals surface area contributed by atoms with Gasteiger partial charge in [0.15, 0.2) is 0 Å². The SMILES string of the molecule is Cc1ccc(C#N)c(N(C)CC2CCCCN2)n1. The monoisotopic (exact) mass is 244 g/mol. The number of rotatable bonds is 3. The van der Waals surface area contributed by atoms with Crippen molar-refractivity contribution in [2.45, 2.75) is 32.2 Å². The maximum absolute atomic E-state index is 9.13. The lowest BCUT2D eigenvalue weighted by Gasteiger charge is -2.29. The van der Waals surface area contributed by atoms with E-state index in [0.717, 1.165) is 24.6 Å². The molecule has 1 atom stereocenters. The standard InChI is InChI=1S/C14H20N4/c1-11-6-7-12(9-15)14(17-11)18(2)10-13-5-3-4-8-16-13/h6-7,13,16H,3-5,8,10H2,1-2H3. The van der Waals surface area contributed by atoms with E-state index in [1.54, 1.807) is 0 Å². The molecule has 0 aromatic carbocycles. The van der Waals surface area contributed by atoms with Gasteiger partial charge in [-0.05, 0) is 38.4 Å². The van der Waals surface area contributed by atoms with E-state index in [1.165, 1.54) is 19.3 Å². The summed E-state index contributed by atoms with van der Waals surface area (Å²) >= 11 is 0. The summed E-state index contributed by atoms with van der Waals surface area (Å²) < 4.78 is 0. The van der Waals surface area contributed by atoms with E-state index in [-0.39, 0.29) is 0 Å². The predicted molar refractivity (Wildman–Crippen MR) is 72.6 cm³/mol. The lowest BCUT2D eigenvalue weighted by atomic mass is 10.0. The van der Waals surface area contributed by atoms with Gasteiger partial charge in [-0.15, -0.1) is 0 Å². The third kappa shape index (κ3) is 2.99. The van der Waals surface area contributed by atoms with E-state index >= 15 is 0 Å². The topological polar surface area (TPSA) is 52.0 Å². The number of nitrogens with zero attached hydrogens (tertiary/aromatic N) is 3. The molecule has 2 rings (SSSR count). The molecule has 4 heteroatoms. The van der Waals surface area contributed by atoms with Crippen molar-refractivity contribution in [2.75, 3.05) is 25.0 Å². The molecular formula is C14H20N4. The van der Waals surface area contributed by atoms with Gasteiger partial charge in [0.1, 0.15) is 11.9 Å². The van der Waals surface area contributed by atoms with Gasteiger partial charge in [0.05, 0.1) is 5.56 Å². The minimum Gasteiger partial charge on any atom is -0.357 e. The van der Waals surface area contributed by atoms with E-state index in [4.69, 9.17) is 5.26 Å². The molecule has 1 saturated heterocycles. The van der Waals surface area contributed by atoms with E-state index < -0.39 is 0 Å². The number of piperidine rings is 1. The van der Waals surface area contributed by atoms with Crippen molar-refractivity contribution >= 4 is 5.82 Å². The van der Waals surface area contributed by atoms with Crippen LogP contribution < -0.4 is 10.2 Å². The zero-order chi connectivity index (χ0) is 13.0. The second-order valence-electron chi connectivity index (χ2n) is 4.96. The molecule has 0 bridgehead atoms. The Hall–Kier alpha value is -1.60. The Labute approximate surface area is 109 Å². The number of aromatic nitrogens is 1. The van der Waals surface area contributed by atoms with E-state index in [0.29, 0.717) is 11.6 Å². The van der Waals surface area contributed by atoms with Gasteiger partial charge in [-0.25, -0.2) is 4.98 Å². The molecule has 1 aliphatic rings. The number of pyridine rings is 1. The largest absolute Gasteiger partial charge is 0.357 e. The van der Waals surface area contributed by atoms with Crippen LogP contribution in [0.15, 0.2) is 12.1 Å². The van der Waals surface area contributed by atoms with Crippen molar-refractivity contribution in [1.82, 2.24) is 10.3 Å². The third-order valence-electron chi connectivity index (χ3n) is 3.40. The summed E-state index contributed by atoms with van der Waals surface area (Å²) in [5.41, 5.74) is 1.60. The zero-order valence-electron chi connectivity index (χ0n) is 11.1. The van der Waals surface area contributed by atoms with Crippen LogP contribution in [-0.2, 0) is 0 Å². The Kier molecular flexibility index (Phi) is 4.16. The highest BCUT2D eigenvalue weighted by atomic mass is 15.2. The van der Waals surface area contributed by atoms with Crippen molar-refractivity contribution in [3.05, 3.63) is 23.4 Å². The molecular weight excluding hydrogens is 224 g/mol. The van der Waals surface area contributed by atoms with Crippen LogP contribution in [0.3, 0.4) is 0 Å². The van der Waals surface area contributed by atoms with E-state index in [9.17, 15) is 0 Å². The van der Waals surface area contributed by atoms with Crippen molar-refractivity contribution < 1.29 is 0 Å². The molecule has 1 fully saturated rings. The summed E-state index contributed by atoms with van der Waals surface area (Å²) in [4.78, 5) is 6.58. The highest BCUT2D eigenvalue weighted by Gasteiger charge is 2.17. The van der Waals surface area contributed by atoms with Crippen LogP contribution in [0.25, 0.3) is 0 Å². The number of nitriles is 1. The summed E-state index contributed by atoms with van der Waals surface area (Å²) in [6.07, 6.45) is 3.77. The summed E-state index contributed by atoms with van der Waals surface area (Å²) in [5, 5.41) is 12.7. The van der Waals surface area contributed by atoms with Crippen molar-refractivity contribution in [3.8, 4) is 6.07 Å².